The molecule has 18 heavy (non-hydrogen) atoms. The Morgan fingerprint density at radius 3 is 2.83 bits per heavy atom. The monoisotopic (exact) mass is 247 g/mol. The van der Waals surface area contributed by atoms with Gasteiger partial charge >= 0.3 is 5.97 Å². The van der Waals surface area contributed by atoms with Crippen LogP contribution in [0.15, 0.2) is 28.7 Å². The highest BCUT2D eigenvalue weighted by molar-refractivity contribution is 5.82. The van der Waals surface area contributed by atoms with E-state index in [0.29, 0.717) is 0 Å². The number of furan rings is 1. The topological polar surface area (TPSA) is 51.5 Å². The van der Waals surface area contributed by atoms with Crippen LogP contribution in [0.3, 0.4) is 0 Å². The number of benzene rings is 1. The number of nitrogens with one attached hydrogen (secondary N) is 1. The molecule has 1 heterocycles. The molecule has 4 nitrogen and oxygen atoms in total. The molecule has 2 aromatic rings. The Kier molecular flexibility index (Phi) is 3.67. The first kappa shape index (κ1) is 12.6. The van der Waals surface area contributed by atoms with Gasteiger partial charge in [-0.1, -0.05) is 18.2 Å². The highest BCUT2D eigenvalue weighted by Crippen LogP contribution is 2.28. The molecule has 0 amide bonds. The van der Waals surface area contributed by atoms with Gasteiger partial charge in [0, 0.05) is 5.39 Å². The third kappa shape index (κ3) is 2.38. The van der Waals surface area contributed by atoms with Crippen LogP contribution in [0.4, 0.5) is 0 Å². The van der Waals surface area contributed by atoms with Crippen molar-refractivity contribution in [1.29, 1.82) is 0 Å². The molecule has 0 aliphatic carbocycles. The van der Waals surface area contributed by atoms with E-state index in [9.17, 15) is 4.79 Å². The van der Waals surface area contributed by atoms with Gasteiger partial charge in [0.25, 0.3) is 0 Å². The van der Waals surface area contributed by atoms with E-state index in [1.165, 1.54) is 7.11 Å². The fourth-order valence-corrected chi connectivity index (χ4v) is 2.01. The number of esters is 1. The summed E-state index contributed by atoms with van der Waals surface area (Å²) in [5.74, 6) is 0.579. The van der Waals surface area contributed by atoms with Crippen molar-refractivity contribution < 1.29 is 13.9 Å². The van der Waals surface area contributed by atoms with Crippen LogP contribution in [0, 0.1) is 6.92 Å². The highest BCUT2D eigenvalue weighted by atomic mass is 16.5. The number of carbonyl (C=O) groups is 1. The first-order chi connectivity index (χ1) is 8.63. The maximum absolute atomic E-state index is 11.1. The molecule has 1 N–H and O–H groups in total. The lowest BCUT2D eigenvalue weighted by atomic mass is 10.1. The predicted molar refractivity (Wildman–Crippen MR) is 69.4 cm³/mol. The molecular formula is C14H17NO3. The molecule has 0 bridgehead atoms. The van der Waals surface area contributed by atoms with Gasteiger partial charge in [-0.25, -0.2) is 0 Å². The van der Waals surface area contributed by atoms with Crippen molar-refractivity contribution in [3.63, 3.8) is 0 Å². The van der Waals surface area contributed by atoms with Crippen molar-refractivity contribution in [1.82, 2.24) is 5.32 Å². The number of hydrogen-bond acceptors (Lipinski definition) is 4. The molecule has 0 spiro atoms. The molecule has 1 atom stereocenters. The average Bonchev–Trinajstić information content (AvgIpc) is 2.73. The maximum Gasteiger partial charge on any atom is 0.319 e. The van der Waals surface area contributed by atoms with Crippen LogP contribution in [0.2, 0.25) is 0 Å². The van der Waals surface area contributed by atoms with Gasteiger partial charge in [-0.05, 0) is 25.5 Å². The zero-order valence-corrected chi connectivity index (χ0v) is 10.8. The Hall–Kier alpha value is -1.81. The molecule has 0 radical (unpaired) electrons. The molecular weight excluding hydrogens is 230 g/mol. The van der Waals surface area contributed by atoms with Gasteiger partial charge in [-0.3, -0.25) is 10.1 Å². The summed E-state index contributed by atoms with van der Waals surface area (Å²) in [4.78, 5) is 11.1. The second kappa shape index (κ2) is 5.23. The number of ether oxygens (including phenoxy) is 1. The molecule has 0 aliphatic rings. The van der Waals surface area contributed by atoms with Crippen LogP contribution in [0.5, 0.6) is 0 Å². The van der Waals surface area contributed by atoms with E-state index in [1.54, 1.807) is 0 Å². The third-order valence-electron chi connectivity index (χ3n) is 3.05. The number of rotatable bonds is 4. The van der Waals surface area contributed by atoms with E-state index in [-0.39, 0.29) is 18.6 Å². The standard InChI is InChI=1S/C14H17NO3/c1-9-11-6-4-5-7-12(11)18-14(9)10(2)15-8-13(16)17-3/h4-7,10,15H,8H2,1-3H3. The summed E-state index contributed by atoms with van der Waals surface area (Å²) in [5, 5.41) is 4.19. The summed E-state index contributed by atoms with van der Waals surface area (Å²) in [5.41, 5.74) is 1.98. The number of hydrogen-bond donors (Lipinski definition) is 1. The summed E-state index contributed by atoms with van der Waals surface area (Å²) in [6, 6.07) is 7.88. The van der Waals surface area contributed by atoms with Gasteiger partial charge in [-0.2, -0.15) is 0 Å². The molecule has 0 saturated carbocycles. The highest BCUT2D eigenvalue weighted by Gasteiger charge is 2.16. The molecule has 1 aromatic heterocycles. The Balaban J connectivity index is 2.20. The van der Waals surface area contributed by atoms with Crippen molar-refractivity contribution in [3.05, 3.63) is 35.6 Å². The first-order valence-electron chi connectivity index (χ1n) is 5.91. The molecule has 1 unspecified atom stereocenters. The summed E-state index contributed by atoms with van der Waals surface area (Å²) >= 11 is 0. The van der Waals surface area contributed by atoms with Crippen LogP contribution < -0.4 is 5.32 Å². The summed E-state index contributed by atoms with van der Waals surface area (Å²) in [7, 11) is 1.38. The Labute approximate surface area is 106 Å². The number of carbonyl (C=O) groups excluding carboxylic acids is 1. The molecule has 2 rings (SSSR count). The van der Waals surface area contributed by atoms with E-state index >= 15 is 0 Å². The van der Waals surface area contributed by atoms with Gasteiger partial charge in [-0.15, -0.1) is 0 Å². The zero-order valence-electron chi connectivity index (χ0n) is 10.8. The minimum atomic E-state index is -0.282. The molecule has 0 aliphatic heterocycles. The Morgan fingerprint density at radius 2 is 2.17 bits per heavy atom. The fraction of sp³-hybridized carbons (Fsp3) is 0.357. The second-order valence-electron chi connectivity index (χ2n) is 4.27. The van der Waals surface area contributed by atoms with Crippen LogP contribution in [0.1, 0.15) is 24.3 Å². The molecule has 0 fully saturated rings. The summed E-state index contributed by atoms with van der Waals surface area (Å²) in [6.45, 7) is 4.17. The normalized spacial score (nSPS) is 12.6. The lowest BCUT2D eigenvalue weighted by Crippen LogP contribution is -2.26. The maximum atomic E-state index is 11.1. The minimum Gasteiger partial charge on any atom is -0.468 e. The quantitative estimate of drug-likeness (QED) is 0.844. The van der Waals surface area contributed by atoms with Crippen LogP contribution >= 0.6 is 0 Å². The molecule has 1 aromatic carbocycles. The summed E-state index contributed by atoms with van der Waals surface area (Å²) in [6.07, 6.45) is 0. The fourth-order valence-electron chi connectivity index (χ4n) is 2.01. The first-order valence-corrected chi connectivity index (χ1v) is 5.91. The molecule has 4 heteroatoms. The van der Waals surface area contributed by atoms with Gasteiger partial charge in [0.2, 0.25) is 0 Å². The van der Waals surface area contributed by atoms with Crippen molar-refractivity contribution in [2.75, 3.05) is 13.7 Å². The van der Waals surface area contributed by atoms with Crippen molar-refractivity contribution in [2.24, 2.45) is 0 Å². The van der Waals surface area contributed by atoms with E-state index < -0.39 is 0 Å². The van der Waals surface area contributed by atoms with Crippen LogP contribution in [-0.2, 0) is 9.53 Å². The lowest BCUT2D eigenvalue weighted by molar-refractivity contribution is -0.139. The van der Waals surface area contributed by atoms with Crippen molar-refractivity contribution in [3.8, 4) is 0 Å². The number of fused-ring (bicyclic) bond motifs is 1. The van der Waals surface area contributed by atoms with Crippen LogP contribution in [0.25, 0.3) is 11.0 Å². The summed E-state index contributed by atoms with van der Waals surface area (Å²) < 4.78 is 10.4. The van der Waals surface area contributed by atoms with Gasteiger partial charge in [0.15, 0.2) is 0 Å². The third-order valence-corrected chi connectivity index (χ3v) is 3.05. The van der Waals surface area contributed by atoms with E-state index in [2.05, 4.69) is 10.1 Å². The zero-order chi connectivity index (χ0) is 13.1. The molecule has 96 valence electrons. The van der Waals surface area contributed by atoms with Crippen LogP contribution in [-0.4, -0.2) is 19.6 Å². The van der Waals surface area contributed by atoms with E-state index in [0.717, 1.165) is 22.3 Å². The second-order valence-corrected chi connectivity index (χ2v) is 4.27. The van der Waals surface area contributed by atoms with Gasteiger partial charge < -0.3 is 9.15 Å². The predicted octanol–water partition coefficient (Wildman–Crippen LogP) is 2.56. The Morgan fingerprint density at radius 1 is 1.44 bits per heavy atom. The van der Waals surface area contributed by atoms with Crippen molar-refractivity contribution >= 4 is 16.9 Å². The number of methoxy groups -OCH3 is 1. The minimum absolute atomic E-state index is 0.0310. The SMILES string of the molecule is COC(=O)CNC(C)c1oc2ccccc2c1C. The lowest BCUT2D eigenvalue weighted by Gasteiger charge is -2.11. The smallest absolute Gasteiger partial charge is 0.319 e. The Bertz CT molecular complexity index is 559. The van der Waals surface area contributed by atoms with Crippen molar-refractivity contribution in [2.45, 2.75) is 19.9 Å². The average molecular weight is 247 g/mol. The van der Waals surface area contributed by atoms with E-state index in [4.69, 9.17) is 4.42 Å². The van der Waals surface area contributed by atoms with Gasteiger partial charge in [0.05, 0.1) is 19.7 Å². The number of aryl methyl sites for hydroxylation is 1. The molecule has 0 saturated heterocycles. The largest absolute Gasteiger partial charge is 0.468 e. The van der Waals surface area contributed by atoms with E-state index in [1.807, 2.05) is 38.1 Å². The number of para-hydroxylation sites is 1. The van der Waals surface area contributed by atoms with Gasteiger partial charge in [0.1, 0.15) is 11.3 Å².